The maximum absolute atomic E-state index is 11.9. The molecule has 2 N–H and O–H groups in total. The van der Waals surface area contributed by atoms with Crippen LogP contribution in [-0.4, -0.2) is 33.5 Å². The number of anilines is 1. The van der Waals surface area contributed by atoms with Crippen molar-refractivity contribution in [3.05, 3.63) is 52.5 Å². The molecular formula is C17H23N5O2. The summed E-state index contributed by atoms with van der Waals surface area (Å²) in [5, 5.41) is 6.09. The topological polar surface area (TPSA) is 88.9 Å². The largest absolute Gasteiger partial charge is 0.384 e. The Morgan fingerprint density at radius 3 is 2.83 bits per heavy atom. The minimum absolute atomic E-state index is 0.0664. The number of nitrogens with zero attached hydrogens (tertiary/aromatic N) is 3. The molecular weight excluding hydrogens is 306 g/mol. The zero-order chi connectivity index (χ0) is 17.4. The zero-order valence-corrected chi connectivity index (χ0v) is 14.1. The van der Waals surface area contributed by atoms with Crippen LogP contribution < -0.4 is 16.3 Å². The number of aromatic nitrogens is 3. The first-order chi connectivity index (χ1) is 11.6. The minimum Gasteiger partial charge on any atom is -0.384 e. The molecule has 0 aliphatic rings. The first-order valence-electron chi connectivity index (χ1n) is 8.02. The number of carbonyl (C=O) groups excluding carboxylic acids is 1. The highest BCUT2D eigenvalue weighted by Gasteiger charge is 2.06. The number of amides is 1. The summed E-state index contributed by atoms with van der Waals surface area (Å²) in [6, 6.07) is 5.65. The molecule has 0 fully saturated rings. The van der Waals surface area contributed by atoms with Gasteiger partial charge in [-0.25, -0.2) is 4.79 Å². The van der Waals surface area contributed by atoms with Gasteiger partial charge in [-0.1, -0.05) is 0 Å². The Balaban J connectivity index is 1.66. The van der Waals surface area contributed by atoms with Gasteiger partial charge < -0.3 is 10.6 Å². The van der Waals surface area contributed by atoms with Gasteiger partial charge in [-0.15, -0.1) is 0 Å². The van der Waals surface area contributed by atoms with Crippen LogP contribution in [0.3, 0.4) is 0 Å². The van der Waals surface area contributed by atoms with E-state index in [-0.39, 0.29) is 18.0 Å². The van der Waals surface area contributed by atoms with Crippen molar-refractivity contribution in [3.8, 4) is 0 Å². The fourth-order valence-electron chi connectivity index (χ4n) is 2.36. The van der Waals surface area contributed by atoms with E-state index >= 15 is 0 Å². The van der Waals surface area contributed by atoms with E-state index in [1.165, 1.54) is 4.57 Å². The lowest BCUT2D eigenvalue weighted by Gasteiger charge is -2.10. The summed E-state index contributed by atoms with van der Waals surface area (Å²) in [6.07, 6.45) is 4.56. The molecule has 2 heterocycles. The first kappa shape index (κ1) is 17.7. The van der Waals surface area contributed by atoms with Crippen molar-refractivity contribution in [1.82, 2.24) is 19.9 Å². The summed E-state index contributed by atoms with van der Waals surface area (Å²) in [4.78, 5) is 31.6. The molecule has 128 valence electrons. The number of hydrogen-bond donors (Lipinski definition) is 2. The number of nitrogens with one attached hydrogen (secondary N) is 2. The predicted molar refractivity (Wildman–Crippen MR) is 92.9 cm³/mol. The third-order valence-corrected chi connectivity index (χ3v) is 3.58. The Morgan fingerprint density at radius 1 is 1.29 bits per heavy atom. The van der Waals surface area contributed by atoms with E-state index in [9.17, 15) is 9.59 Å². The molecule has 7 nitrogen and oxygen atoms in total. The summed E-state index contributed by atoms with van der Waals surface area (Å²) < 4.78 is 1.52. The molecule has 7 heteroatoms. The lowest BCUT2D eigenvalue weighted by Crippen LogP contribution is -2.30. The van der Waals surface area contributed by atoms with Gasteiger partial charge in [-0.05, 0) is 38.5 Å². The van der Waals surface area contributed by atoms with Crippen LogP contribution in [0.2, 0.25) is 0 Å². The lowest BCUT2D eigenvalue weighted by molar-refractivity contribution is -0.121. The van der Waals surface area contributed by atoms with E-state index < -0.39 is 0 Å². The molecule has 2 aromatic heterocycles. The Bertz CT molecular complexity index is 728. The van der Waals surface area contributed by atoms with Gasteiger partial charge in [0.05, 0.1) is 5.69 Å². The van der Waals surface area contributed by atoms with Gasteiger partial charge in [0, 0.05) is 49.8 Å². The molecule has 0 radical (unpaired) electrons. The van der Waals surface area contributed by atoms with Crippen molar-refractivity contribution in [2.75, 3.05) is 18.4 Å². The molecule has 2 aromatic rings. The third kappa shape index (κ3) is 5.49. The summed E-state index contributed by atoms with van der Waals surface area (Å²) in [7, 11) is 0. The highest BCUT2D eigenvalue weighted by atomic mass is 16.2. The third-order valence-electron chi connectivity index (χ3n) is 3.58. The molecule has 0 unspecified atom stereocenters. The molecule has 1 amide bonds. The average molecular weight is 329 g/mol. The van der Waals surface area contributed by atoms with Crippen molar-refractivity contribution < 1.29 is 4.79 Å². The molecule has 0 spiro atoms. The summed E-state index contributed by atoms with van der Waals surface area (Å²) in [5.41, 5.74) is 2.17. The minimum atomic E-state index is -0.305. The Labute approximate surface area is 141 Å². The molecule has 0 bridgehead atoms. The molecule has 0 aliphatic heterocycles. The maximum Gasteiger partial charge on any atom is 0.347 e. The van der Waals surface area contributed by atoms with Crippen LogP contribution >= 0.6 is 0 Å². The number of aryl methyl sites for hydroxylation is 2. The maximum atomic E-state index is 11.9. The highest BCUT2D eigenvalue weighted by Crippen LogP contribution is 2.02. The van der Waals surface area contributed by atoms with Crippen LogP contribution in [-0.2, 0) is 11.3 Å². The standard InChI is InChI=1S/C17H23N5O2/c1-13-11-14(2)22(17(24)21-13)10-6-16(23)20-9-4-8-19-15-5-3-7-18-12-15/h3,5,7,11-12,19H,4,6,8-10H2,1-2H3,(H,20,23). The number of carbonyl (C=O) groups is 1. The molecule has 24 heavy (non-hydrogen) atoms. The van der Waals surface area contributed by atoms with Gasteiger partial charge in [0.1, 0.15) is 0 Å². The van der Waals surface area contributed by atoms with Gasteiger partial charge in [0.25, 0.3) is 0 Å². The fraction of sp³-hybridized carbons (Fsp3) is 0.412. The first-order valence-corrected chi connectivity index (χ1v) is 8.02. The van der Waals surface area contributed by atoms with E-state index in [0.29, 0.717) is 18.8 Å². The van der Waals surface area contributed by atoms with E-state index in [1.54, 1.807) is 19.3 Å². The van der Waals surface area contributed by atoms with Crippen LogP contribution in [0.5, 0.6) is 0 Å². The van der Waals surface area contributed by atoms with Gasteiger partial charge in [-0.2, -0.15) is 4.98 Å². The Hall–Kier alpha value is -2.70. The smallest absolute Gasteiger partial charge is 0.347 e. The van der Waals surface area contributed by atoms with Gasteiger partial charge >= 0.3 is 5.69 Å². The van der Waals surface area contributed by atoms with Crippen LogP contribution in [0.4, 0.5) is 5.69 Å². The fourth-order valence-corrected chi connectivity index (χ4v) is 2.36. The molecule has 2 rings (SSSR count). The lowest BCUT2D eigenvalue weighted by atomic mass is 10.3. The number of hydrogen-bond acceptors (Lipinski definition) is 5. The summed E-state index contributed by atoms with van der Waals surface area (Å²) in [6.45, 7) is 5.32. The van der Waals surface area contributed by atoms with E-state index in [4.69, 9.17) is 0 Å². The second-order valence-electron chi connectivity index (χ2n) is 5.60. The normalized spacial score (nSPS) is 10.4. The van der Waals surface area contributed by atoms with Gasteiger partial charge in [0.2, 0.25) is 5.91 Å². The van der Waals surface area contributed by atoms with Crippen LogP contribution in [0.1, 0.15) is 24.2 Å². The summed E-state index contributed by atoms with van der Waals surface area (Å²) in [5.74, 6) is -0.0664. The molecule has 0 saturated carbocycles. The van der Waals surface area contributed by atoms with E-state index in [2.05, 4.69) is 20.6 Å². The number of rotatable bonds is 8. The predicted octanol–water partition coefficient (Wildman–Crippen LogP) is 1.26. The van der Waals surface area contributed by atoms with Crippen LogP contribution in [0, 0.1) is 13.8 Å². The highest BCUT2D eigenvalue weighted by molar-refractivity contribution is 5.75. The van der Waals surface area contributed by atoms with Crippen LogP contribution in [0.25, 0.3) is 0 Å². The van der Waals surface area contributed by atoms with Crippen molar-refractivity contribution >= 4 is 11.6 Å². The zero-order valence-electron chi connectivity index (χ0n) is 14.1. The Kier molecular flexibility index (Phi) is 6.48. The monoisotopic (exact) mass is 329 g/mol. The van der Waals surface area contributed by atoms with Crippen molar-refractivity contribution in [2.45, 2.75) is 33.2 Å². The SMILES string of the molecule is Cc1cc(C)n(CCC(=O)NCCCNc2cccnc2)c(=O)n1. The number of pyridine rings is 1. The Morgan fingerprint density at radius 2 is 2.12 bits per heavy atom. The van der Waals surface area contributed by atoms with E-state index in [0.717, 1.165) is 24.3 Å². The van der Waals surface area contributed by atoms with Crippen molar-refractivity contribution in [2.24, 2.45) is 0 Å². The van der Waals surface area contributed by atoms with E-state index in [1.807, 2.05) is 25.1 Å². The molecule has 0 saturated heterocycles. The van der Waals surface area contributed by atoms with Crippen molar-refractivity contribution in [1.29, 1.82) is 0 Å². The second-order valence-corrected chi connectivity index (χ2v) is 5.60. The second kappa shape index (κ2) is 8.81. The average Bonchev–Trinajstić information content (AvgIpc) is 2.54. The van der Waals surface area contributed by atoms with Crippen LogP contribution in [0.15, 0.2) is 35.4 Å². The van der Waals surface area contributed by atoms with Gasteiger partial charge in [0.15, 0.2) is 0 Å². The van der Waals surface area contributed by atoms with Crippen molar-refractivity contribution in [3.63, 3.8) is 0 Å². The molecule has 0 aliphatic carbocycles. The quantitative estimate of drug-likeness (QED) is 0.712. The molecule has 0 aromatic carbocycles. The molecule has 0 atom stereocenters. The van der Waals surface area contributed by atoms with Gasteiger partial charge in [-0.3, -0.25) is 14.3 Å². The summed E-state index contributed by atoms with van der Waals surface area (Å²) >= 11 is 0.